The van der Waals surface area contributed by atoms with Crippen LogP contribution in [0.25, 0.3) is 5.70 Å². The zero-order valence-electron chi connectivity index (χ0n) is 7.88. The van der Waals surface area contributed by atoms with Crippen molar-refractivity contribution in [2.45, 2.75) is 6.18 Å². The molecule has 0 saturated heterocycles. The second-order valence-electron chi connectivity index (χ2n) is 2.97. The van der Waals surface area contributed by atoms with Gasteiger partial charge in [0.15, 0.2) is 0 Å². The number of nitrogens with two attached hydrogens (primary N) is 1. The normalized spacial score (nSPS) is 12.6. The summed E-state index contributed by atoms with van der Waals surface area (Å²) in [6.45, 7) is 0. The highest BCUT2D eigenvalue weighted by atomic mass is 35.5. The molecule has 2 N–H and O–H groups in total. The topological polar surface area (TPSA) is 43.1 Å². The first-order valence-electron chi connectivity index (χ1n) is 4.15. The Hall–Kier alpha value is -1.49. The van der Waals surface area contributed by atoms with Gasteiger partial charge in [0.1, 0.15) is 0 Å². The van der Waals surface area contributed by atoms with Crippen molar-refractivity contribution in [2.75, 3.05) is 0 Å². The fourth-order valence-electron chi connectivity index (χ4n) is 0.949. The Balaban J connectivity index is 2.94. The quantitative estimate of drug-likeness (QED) is 0.819. The second kappa shape index (κ2) is 4.57. The van der Waals surface area contributed by atoms with E-state index in [1.807, 2.05) is 0 Å². The number of allylic oxidation sites excluding steroid dienone is 1. The Labute approximate surface area is 94.5 Å². The Morgan fingerprint density at radius 3 is 2.19 bits per heavy atom. The molecule has 0 spiro atoms. The van der Waals surface area contributed by atoms with Crippen molar-refractivity contribution in [3.05, 3.63) is 40.9 Å². The average Bonchev–Trinajstić information content (AvgIpc) is 2.17. The monoisotopic (exact) mass is 249 g/mol. The first-order valence-corrected chi connectivity index (χ1v) is 4.53. The standard InChI is InChI=1S/C10H7ClF3NO/c11-7-3-1-6(2-4-7)8(15)5-9(16)10(12,13)14/h1-5H,15H2/b8-5-. The van der Waals surface area contributed by atoms with Crippen molar-refractivity contribution >= 4 is 23.1 Å². The van der Waals surface area contributed by atoms with Crippen LogP contribution in [-0.4, -0.2) is 12.0 Å². The molecule has 2 nitrogen and oxygen atoms in total. The molecule has 1 aromatic rings. The second-order valence-corrected chi connectivity index (χ2v) is 3.41. The molecule has 1 rings (SSSR count). The molecule has 0 aliphatic heterocycles. The maximum absolute atomic E-state index is 11.9. The van der Waals surface area contributed by atoms with Crippen LogP contribution >= 0.6 is 11.6 Å². The Morgan fingerprint density at radius 1 is 1.25 bits per heavy atom. The SMILES string of the molecule is N/C(=C\C(=O)C(F)(F)F)c1ccc(Cl)cc1. The predicted molar refractivity (Wildman–Crippen MR) is 54.7 cm³/mol. The summed E-state index contributed by atoms with van der Waals surface area (Å²) in [6, 6.07) is 5.79. The van der Waals surface area contributed by atoms with Crippen molar-refractivity contribution in [3.8, 4) is 0 Å². The zero-order valence-corrected chi connectivity index (χ0v) is 8.64. The van der Waals surface area contributed by atoms with Gasteiger partial charge in [0.25, 0.3) is 5.78 Å². The van der Waals surface area contributed by atoms with Gasteiger partial charge in [0, 0.05) is 16.8 Å². The van der Waals surface area contributed by atoms with E-state index in [9.17, 15) is 18.0 Å². The van der Waals surface area contributed by atoms with Crippen molar-refractivity contribution in [2.24, 2.45) is 5.73 Å². The lowest BCUT2D eigenvalue weighted by atomic mass is 10.1. The van der Waals surface area contributed by atoms with Crippen molar-refractivity contribution in [1.82, 2.24) is 0 Å². The molecular formula is C10H7ClF3NO. The first-order chi connectivity index (χ1) is 7.30. The van der Waals surface area contributed by atoms with Crippen LogP contribution in [0.1, 0.15) is 5.56 Å². The summed E-state index contributed by atoms with van der Waals surface area (Å²) in [5.41, 5.74) is 5.40. The number of carbonyl (C=O) groups excluding carboxylic acids is 1. The lowest BCUT2D eigenvalue weighted by Gasteiger charge is -2.03. The van der Waals surface area contributed by atoms with Gasteiger partial charge >= 0.3 is 6.18 Å². The molecule has 0 atom stereocenters. The van der Waals surface area contributed by atoms with E-state index in [-0.39, 0.29) is 5.70 Å². The average molecular weight is 250 g/mol. The van der Waals surface area contributed by atoms with Crippen LogP contribution in [0.3, 0.4) is 0 Å². The van der Waals surface area contributed by atoms with Crippen LogP contribution in [0.15, 0.2) is 30.3 Å². The van der Waals surface area contributed by atoms with E-state index in [1.54, 1.807) is 0 Å². The van der Waals surface area contributed by atoms with Gasteiger partial charge in [-0.2, -0.15) is 13.2 Å². The highest BCUT2D eigenvalue weighted by Crippen LogP contribution is 2.19. The van der Waals surface area contributed by atoms with Gasteiger partial charge in [-0.3, -0.25) is 4.79 Å². The number of rotatable bonds is 2. The molecule has 0 aliphatic carbocycles. The summed E-state index contributed by atoms with van der Waals surface area (Å²) in [5, 5.41) is 0.429. The third-order valence-corrected chi connectivity index (χ3v) is 2.00. The molecular weight excluding hydrogens is 243 g/mol. The summed E-state index contributed by atoms with van der Waals surface area (Å²) in [4.78, 5) is 10.6. The van der Waals surface area contributed by atoms with Crippen molar-refractivity contribution in [1.29, 1.82) is 0 Å². The number of benzene rings is 1. The maximum Gasteiger partial charge on any atom is 0.454 e. The molecule has 0 radical (unpaired) electrons. The number of carbonyl (C=O) groups is 1. The fraction of sp³-hybridized carbons (Fsp3) is 0.100. The molecule has 16 heavy (non-hydrogen) atoms. The third-order valence-electron chi connectivity index (χ3n) is 1.74. The van der Waals surface area contributed by atoms with Crippen LogP contribution in [0.2, 0.25) is 5.02 Å². The highest BCUT2D eigenvalue weighted by Gasteiger charge is 2.36. The molecule has 6 heteroatoms. The first kappa shape index (κ1) is 12.6. The lowest BCUT2D eigenvalue weighted by molar-refractivity contribution is -0.165. The molecule has 0 unspecified atom stereocenters. The van der Waals surface area contributed by atoms with Crippen LogP contribution in [-0.2, 0) is 4.79 Å². The molecule has 86 valence electrons. The van der Waals surface area contributed by atoms with Gasteiger partial charge in [0.2, 0.25) is 0 Å². The lowest BCUT2D eigenvalue weighted by Crippen LogP contribution is -2.21. The minimum Gasteiger partial charge on any atom is -0.398 e. The summed E-state index contributed by atoms with van der Waals surface area (Å²) >= 11 is 5.59. The number of halogens is 4. The van der Waals surface area contributed by atoms with Gasteiger partial charge in [0.05, 0.1) is 0 Å². The maximum atomic E-state index is 11.9. The van der Waals surface area contributed by atoms with E-state index in [0.29, 0.717) is 16.7 Å². The largest absolute Gasteiger partial charge is 0.454 e. The van der Waals surface area contributed by atoms with Gasteiger partial charge in [-0.15, -0.1) is 0 Å². The van der Waals surface area contributed by atoms with Gasteiger partial charge in [-0.05, 0) is 17.7 Å². The Morgan fingerprint density at radius 2 is 1.75 bits per heavy atom. The highest BCUT2D eigenvalue weighted by molar-refractivity contribution is 6.30. The molecule has 0 saturated carbocycles. The van der Waals surface area contributed by atoms with Crippen LogP contribution < -0.4 is 5.73 Å². The number of hydrogen-bond acceptors (Lipinski definition) is 2. The van der Waals surface area contributed by atoms with Gasteiger partial charge < -0.3 is 5.73 Å². The minimum absolute atomic E-state index is 0.251. The molecule has 0 amide bonds. The third kappa shape index (κ3) is 3.27. The van der Waals surface area contributed by atoms with Crippen LogP contribution in [0.4, 0.5) is 13.2 Å². The molecule has 0 heterocycles. The van der Waals surface area contributed by atoms with E-state index in [0.717, 1.165) is 0 Å². The zero-order chi connectivity index (χ0) is 12.3. The Kier molecular flexibility index (Phi) is 3.59. The van der Waals surface area contributed by atoms with Crippen LogP contribution in [0, 0.1) is 0 Å². The Bertz CT molecular complexity index is 423. The summed E-state index contributed by atoms with van der Waals surface area (Å²) < 4.78 is 35.8. The number of alkyl halides is 3. The van der Waals surface area contributed by atoms with E-state index < -0.39 is 12.0 Å². The van der Waals surface area contributed by atoms with E-state index in [2.05, 4.69) is 0 Å². The molecule has 0 aromatic heterocycles. The van der Waals surface area contributed by atoms with Crippen molar-refractivity contribution < 1.29 is 18.0 Å². The molecule has 0 fully saturated rings. The minimum atomic E-state index is -4.91. The van der Waals surface area contributed by atoms with Crippen LogP contribution in [0.5, 0.6) is 0 Å². The van der Waals surface area contributed by atoms with Gasteiger partial charge in [-0.25, -0.2) is 0 Å². The fourth-order valence-corrected chi connectivity index (χ4v) is 1.07. The summed E-state index contributed by atoms with van der Waals surface area (Å²) in [5.74, 6) is -1.99. The van der Waals surface area contributed by atoms with Crippen molar-refractivity contribution in [3.63, 3.8) is 0 Å². The summed E-state index contributed by atoms with van der Waals surface area (Å²) in [6.07, 6.45) is -4.56. The molecule has 1 aromatic carbocycles. The summed E-state index contributed by atoms with van der Waals surface area (Å²) in [7, 11) is 0. The predicted octanol–water partition coefficient (Wildman–Crippen LogP) is 2.77. The number of ketones is 1. The molecule has 0 bridgehead atoms. The van der Waals surface area contributed by atoms with Gasteiger partial charge in [-0.1, -0.05) is 23.7 Å². The van der Waals surface area contributed by atoms with E-state index in [1.165, 1.54) is 24.3 Å². The smallest absolute Gasteiger partial charge is 0.398 e. The molecule has 0 aliphatic rings. The number of hydrogen-bond donors (Lipinski definition) is 1. The van der Waals surface area contributed by atoms with E-state index >= 15 is 0 Å². The van der Waals surface area contributed by atoms with E-state index in [4.69, 9.17) is 17.3 Å².